The first-order valence-corrected chi connectivity index (χ1v) is 7.11. The van der Waals surface area contributed by atoms with Crippen LogP contribution in [0.3, 0.4) is 0 Å². The Morgan fingerprint density at radius 3 is 2.53 bits per heavy atom. The lowest BCUT2D eigenvalue weighted by Crippen LogP contribution is -2.42. The van der Waals surface area contributed by atoms with Crippen LogP contribution in [0.2, 0.25) is 0 Å². The average molecular weight is 260 g/mol. The molecule has 2 rings (SSSR count). The van der Waals surface area contributed by atoms with Crippen molar-refractivity contribution in [2.24, 2.45) is 11.7 Å². The smallest absolute Gasteiger partial charge is 0.254 e. The summed E-state index contributed by atoms with van der Waals surface area (Å²) in [7, 11) is 0. The Kier molecular flexibility index (Phi) is 4.25. The van der Waals surface area contributed by atoms with E-state index in [0.29, 0.717) is 5.92 Å². The van der Waals surface area contributed by atoms with E-state index in [2.05, 4.69) is 19.9 Å². The van der Waals surface area contributed by atoms with E-state index in [1.807, 2.05) is 24.0 Å². The highest BCUT2D eigenvalue weighted by Gasteiger charge is 2.26. The van der Waals surface area contributed by atoms with E-state index in [1.165, 1.54) is 5.56 Å². The van der Waals surface area contributed by atoms with Crippen molar-refractivity contribution < 1.29 is 4.79 Å². The summed E-state index contributed by atoms with van der Waals surface area (Å²) in [6, 6.07) is 6.18. The van der Waals surface area contributed by atoms with Gasteiger partial charge in [0.25, 0.3) is 5.91 Å². The molecule has 1 unspecified atom stereocenters. The van der Waals surface area contributed by atoms with Gasteiger partial charge in [0, 0.05) is 24.7 Å². The van der Waals surface area contributed by atoms with Crippen LogP contribution in [0.15, 0.2) is 18.2 Å². The average Bonchev–Trinajstić information content (AvgIpc) is 2.41. The lowest BCUT2D eigenvalue weighted by molar-refractivity contribution is 0.0680. The summed E-state index contributed by atoms with van der Waals surface area (Å²) in [4.78, 5) is 14.5. The topological polar surface area (TPSA) is 46.3 Å². The Labute approximate surface area is 115 Å². The van der Waals surface area contributed by atoms with Gasteiger partial charge in [-0.3, -0.25) is 4.79 Å². The number of amides is 1. The Bertz CT molecular complexity index is 460. The fourth-order valence-corrected chi connectivity index (χ4v) is 2.78. The molecule has 19 heavy (non-hydrogen) atoms. The standard InChI is InChI=1S/C16H24N2O/c1-11-5-4-6-15(12(11)2)16(19)18-9-7-14(8-10-18)13(3)17/h4-6,13-14H,7-10,17H2,1-3H3. The van der Waals surface area contributed by atoms with Crippen molar-refractivity contribution in [1.82, 2.24) is 4.90 Å². The molecule has 0 aliphatic carbocycles. The number of hydrogen-bond donors (Lipinski definition) is 1. The van der Waals surface area contributed by atoms with Crippen LogP contribution in [0.5, 0.6) is 0 Å². The van der Waals surface area contributed by atoms with Crippen LogP contribution in [0.4, 0.5) is 0 Å². The first kappa shape index (κ1) is 14.1. The first-order valence-electron chi connectivity index (χ1n) is 7.11. The lowest BCUT2D eigenvalue weighted by Gasteiger charge is -2.34. The van der Waals surface area contributed by atoms with E-state index in [4.69, 9.17) is 5.73 Å². The van der Waals surface area contributed by atoms with E-state index in [9.17, 15) is 4.79 Å². The van der Waals surface area contributed by atoms with Crippen LogP contribution in [0.25, 0.3) is 0 Å². The summed E-state index contributed by atoms with van der Waals surface area (Å²) < 4.78 is 0. The second-order valence-electron chi connectivity index (χ2n) is 5.74. The highest BCUT2D eigenvalue weighted by atomic mass is 16.2. The molecule has 0 aromatic heterocycles. The molecule has 3 heteroatoms. The number of nitrogens with two attached hydrogens (primary N) is 1. The quantitative estimate of drug-likeness (QED) is 0.888. The SMILES string of the molecule is Cc1cccc(C(=O)N2CCC(C(C)N)CC2)c1C. The van der Waals surface area contributed by atoms with Crippen molar-refractivity contribution in [3.05, 3.63) is 34.9 Å². The third-order valence-electron chi connectivity index (χ3n) is 4.41. The Balaban J connectivity index is 2.07. The predicted octanol–water partition coefficient (Wildman–Crippen LogP) is 2.50. The zero-order valence-corrected chi connectivity index (χ0v) is 12.1. The summed E-state index contributed by atoms with van der Waals surface area (Å²) in [5.74, 6) is 0.729. The molecule has 1 saturated heterocycles. The molecule has 1 aromatic carbocycles. The number of likely N-dealkylation sites (tertiary alicyclic amines) is 1. The molecule has 1 fully saturated rings. The van der Waals surface area contributed by atoms with E-state index < -0.39 is 0 Å². The number of carbonyl (C=O) groups is 1. The Hall–Kier alpha value is -1.35. The minimum atomic E-state index is 0.171. The zero-order valence-electron chi connectivity index (χ0n) is 12.1. The van der Waals surface area contributed by atoms with Crippen LogP contribution in [-0.4, -0.2) is 29.9 Å². The van der Waals surface area contributed by atoms with Crippen LogP contribution >= 0.6 is 0 Å². The molecular formula is C16H24N2O. The van der Waals surface area contributed by atoms with Gasteiger partial charge in [-0.05, 0) is 56.7 Å². The first-order chi connectivity index (χ1) is 9.00. The maximum absolute atomic E-state index is 12.5. The number of rotatable bonds is 2. The van der Waals surface area contributed by atoms with Crippen LogP contribution in [-0.2, 0) is 0 Å². The molecular weight excluding hydrogens is 236 g/mol. The molecule has 1 heterocycles. The van der Waals surface area contributed by atoms with E-state index >= 15 is 0 Å². The molecule has 1 aliphatic heterocycles. The van der Waals surface area contributed by atoms with Crippen molar-refractivity contribution in [1.29, 1.82) is 0 Å². The molecule has 2 N–H and O–H groups in total. The van der Waals surface area contributed by atoms with Crippen LogP contribution < -0.4 is 5.73 Å². The molecule has 1 aliphatic rings. The van der Waals surface area contributed by atoms with Crippen LogP contribution in [0, 0.1) is 19.8 Å². The molecule has 0 spiro atoms. The number of nitrogens with zero attached hydrogens (tertiary/aromatic N) is 1. The van der Waals surface area contributed by atoms with Gasteiger partial charge in [-0.25, -0.2) is 0 Å². The monoisotopic (exact) mass is 260 g/mol. The molecule has 1 atom stereocenters. The maximum atomic E-state index is 12.5. The molecule has 0 saturated carbocycles. The summed E-state index contributed by atoms with van der Waals surface area (Å²) in [6.07, 6.45) is 2.04. The minimum absolute atomic E-state index is 0.171. The largest absolute Gasteiger partial charge is 0.339 e. The van der Waals surface area contributed by atoms with Gasteiger partial charge in [0.15, 0.2) is 0 Å². The molecule has 104 valence electrons. The molecule has 1 aromatic rings. The highest BCUT2D eigenvalue weighted by Crippen LogP contribution is 2.22. The van der Waals surface area contributed by atoms with Crippen molar-refractivity contribution >= 4 is 5.91 Å². The van der Waals surface area contributed by atoms with Crippen LogP contribution in [0.1, 0.15) is 41.3 Å². The summed E-state index contributed by atoms with van der Waals surface area (Å²) in [6.45, 7) is 7.80. The second kappa shape index (κ2) is 5.74. The zero-order chi connectivity index (χ0) is 14.0. The number of benzene rings is 1. The van der Waals surface area contributed by atoms with Gasteiger partial charge in [0.2, 0.25) is 0 Å². The van der Waals surface area contributed by atoms with Gasteiger partial charge >= 0.3 is 0 Å². The number of piperidine rings is 1. The Morgan fingerprint density at radius 2 is 1.95 bits per heavy atom. The fourth-order valence-electron chi connectivity index (χ4n) is 2.78. The lowest BCUT2D eigenvalue weighted by atomic mass is 9.90. The minimum Gasteiger partial charge on any atom is -0.339 e. The summed E-state index contributed by atoms with van der Waals surface area (Å²) >= 11 is 0. The van der Waals surface area contributed by atoms with E-state index in [0.717, 1.165) is 37.1 Å². The molecule has 0 radical (unpaired) electrons. The number of carbonyl (C=O) groups excluding carboxylic acids is 1. The maximum Gasteiger partial charge on any atom is 0.254 e. The Morgan fingerprint density at radius 1 is 1.32 bits per heavy atom. The van der Waals surface area contributed by atoms with E-state index in [-0.39, 0.29) is 11.9 Å². The van der Waals surface area contributed by atoms with Crippen molar-refractivity contribution in [2.45, 2.75) is 39.7 Å². The normalized spacial score (nSPS) is 18.4. The number of hydrogen-bond acceptors (Lipinski definition) is 2. The fraction of sp³-hybridized carbons (Fsp3) is 0.562. The third kappa shape index (κ3) is 2.98. The molecule has 0 bridgehead atoms. The van der Waals surface area contributed by atoms with Gasteiger partial charge in [-0.2, -0.15) is 0 Å². The van der Waals surface area contributed by atoms with Gasteiger partial charge in [0.05, 0.1) is 0 Å². The van der Waals surface area contributed by atoms with Gasteiger partial charge in [0.1, 0.15) is 0 Å². The van der Waals surface area contributed by atoms with E-state index in [1.54, 1.807) is 0 Å². The third-order valence-corrected chi connectivity index (χ3v) is 4.41. The second-order valence-corrected chi connectivity index (χ2v) is 5.74. The highest BCUT2D eigenvalue weighted by molar-refractivity contribution is 5.96. The predicted molar refractivity (Wildman–Crippen MR) is 78.2 cm³/mol. The van der Waals surface area contributed by atoms with Crippen molar-refractivity contribution in [2.75, 3.05) is 13.1 Å². The van der Waals surface area contributed by atoms with Crippen molar-refractivity contribution in [3.8, 4) is 0 Å². The number of aryl methyl sites for hydroxylation is 1. The van der Waals surface area contributed by atoms with Crippen molar-refractivity contribution in [3.63, 3.8) is 0 Å². The molecule has 1 amide bonds. The van der Waals surface area contributed by atoms with Gasteiger partial charge < -0.3 is 10.6 Å². The summed E-state index contributed by atoms with van der Waals surface area (Å²) in [5, 5.41) is 0. The molecule has 3 nitrogen and oxygen atoms in total. The van der Waals surface area contributed by atoms with Gasteiger partial charge in [-0.1, -0.05) is 12.1 Å². The van der Waals surface area contributed by atoms with Gasteiger partial charge in [-0.15, -0.1) is 0 Å². The summed E-state index contributed by atoms with van der Waals surface area (Å²) in [5.41, 5.74) is 9.06.